The quantitative estimate of drug-likeness (QED) is 0.435. The maximum Gasteiger partial charge on any atom is 0.244 e. The van der Waals surface area contributed by atoms with Gasteiger partial charge in [0.1, 0.15) is 18.3 Å². The average molecular weight is 518 g/mol. The average Bonchev–Trinajstić information content (AvgIpc) is 2.83. The number of carbonyl (C=O) groups excluding carboxylic acids is 2. The zero-order valence-electron chi connectivity index (χ0n) is 22.2. The molecule has 0 radical (unpaired) electrons. The topological polar surface area (TPSA) is 96.0 Å². The third-order valence-electron chi connectivity index (χ3n) is 6.10. The molecule has 0 unspecified atom stereocenters. The Hall–Kier alpha value is -3.07. The van der Waals surface area contributed by atoms with Gasteiger partial charge in [-0.1, -0.05) is 50.2 Å². The molecule has 2 aromatic rings. The fourth-order valence-corrected chi connectivity index (χ4v) is 4.72. The van der Waals surface area contributed by atoms with Crippen LogP contribution >= 0.6 is 0 Å². The van der Waals surface area contributed by atoms with E-state index in [1.807, 2.05) is 52.0 Å². The molecule has 2 aromatic carbocycles. The Balaban J connectivity index is 2.50. The molecule has 0 heterocycles. The Morgan fingerprint density at radius 2 is 1.64 bits per heavy atom. The van der Waals surface area contributed by atoms with Crippen LogP contribution in [0, 0.1) is 6.92 Å². The lowest BCUT2D eigenvalue weighted by molar-refractivity contribution is -0.140. The first kappa shape index (κ1) is 29.2. The van der Waals surface area contributed by atoms with Crippen molar-refractivity contribution in [3.05, 3.63) is 59.7 Å². The van der Waals surface area contributed by atoms with E-state index in [2.05, 4.69) is 5.32 Å². The van der Waals surface area contributed by atoms with Crippen molar-refractivity contribution in [2.45, 2.75) is 66.1 Å². The first-order chi connectivity index (χ1) is 17.0. The molecular weight excluding hydrogens is 478 g/mol. The second-order valence-corrected chi connectivity index (χ2v) is 10.8. The lowest BCUT2D eigenvalue weighted by atomic mass is 10.1. The number of aryl methyl sites for hydroxylation is 1. The molecule has 0 saturated heterocycles. The minimum atomic E-state index is -3.84. The predicted octanol–water partition coefficient (Wildman–Crippen LogP) is 3.88. The van der Waals surface area contributed by atoms with Gasteiger partial charge in [-0.3, -0.25) is 13.9 Å². The Kier molecular flexibility index (Phi) is 10.8. The summed E-state index contributed by atoms with van der Waals surface area (Å²) >= 11 is 0. The highest BCUT2D eigenvalue weighted by Crippen LogP contribution is 2.30. The number of rotatable bonds is 13. The van der Waals surface area contributed by atoms with Gasteiger partial charge < -0.3 is 15.0 Å². The molecule has 0 aliphatic heterocycles. The van der Waals surface area contributed by atoms with Crippen molar-refractivity contribution in [1.29, 1.82) is 0 Å². The van der Waals surface area contributed by atoms with Crippen molar-refractivity contribution < 1.29 is 22.7 Å². The number of para-hydroxylation sites is 2. The van der Waals surface area contributed by atoms with Crippen molar-refractivity contribution >= 4 is 27.5 Å². The highest BCUT2D eigenvalue weighted by Gasteiger charge is 2.33. The number of hydrogen-bond donors (Lipinski definition) is 1. The zero-order chi connectivity index (χ0) is 26.9. The number of nitrogens with zero attached hydrogens (tertiary/aromatic N) is 2. The third-order valence-corrected chi connectivity index (χ3v) is 7.23. The van der Waals surface area contributed by atoms with E-state index in [-0.39, 0.29) is 24.2 Å². The Bertz CT molecular complexity index is 1140. The summed E-state index contributed by atoms with van der Waals surface area (Å²) in [6, 6.07) is 13.6. The van der Waals surface area contributed by atoms with Crippen LogP contribution in [0.4, 0.5) is 5.69 Å². The molecule has 0 aliphatic rings. The van der Waals surface area contributed by atoms with Gasteiger partial charge in [0.2, 0.25) is 21.8 Å². The van der Waals surface area contributed by atoms with Crippen molar-refractivity contribution in [2.24, 2.45) is 0 Å². The van der Waals surface area contributed by atoms with Gasteiger partial charge in [-0.25, -0.2) is 8.42 Å². The van der Waals surface area contributed by atoms with Gasteiger partial charge >= 0.3 is 0 Å². The van der Waals surface area contributed by atoms with Gasteiger partial charge in [-0.2, -0.15) is 0 Å². The summed E-state index contributed by atoms with van der Waals surface area (Å²) in [5.74, 6) is -0.360. The van der Waals surface area contributed by atoms with E-state index in [1.165, 1.54) is 4.90 Å². The molecule has 36 heavy (non-hydrogen) atoms. The van der Waals surface area contributed by atoms with E-state index in [4.69, 9.17) is 4.74 Å². The van der Waals surface area contributed by atoms with Crippen molar-refractivity contribution in [2.75, 3.05) is 23.7 Å². The molecule has 0 saturated carbocycles. The van der Waals surface area contributed by atoms with Gasteiger partial charge in [0, 0.05) is 12.6 Å². The van der Waals surface area contributed by atoms with Crippen LogP contribution in [0.3, 0.4) is 0 Å². The summed E-state index contributed by atoms with van der Waals surface area (Å²) in [5, 5.41) is 2.97. The Labute approximate surface area is 215 Å². The van der Waals surface area contributed by atoms with Crippen LogP contribution in [0.2, 0.25) is 0 Å². The number of nitrogens with one attached hydrogen (secondary N) is 1. The number of anilines is 1. The SMILES string of the molecule is CCOc1ccccc1N(CC(=O)N(Cc1ccccc1C)[C@H](CC)C(=O)N[C@H](C)CC)S(C)(=O)=O. The molecule has 9 heteroatoms. The van der Waals surface area contributed by atoms with Gasteiger partial charge in [0.25, 0.3) is 0 Å². The largest absolute Gasteiger partial charge is 0.492 e. The maximum atomic E-state index is 13.8. The molecule has 0 aromatic heterocycles. The molecule has 1 N–H and O–H groups in total. The molecule has 8 nitrogen and oxygen atoms in total. The molecular formula is C27H39N3O5S. The number of ether oxygens (including phenoxy) is 1. The summed E-state index contributed by atoms with van der Waals surface area (Å²) in [4.78, 5) is 28.5. The van der Waals surface area contributed by atoms with Gasteiger partial charge in [-0.05, 0) is 56.9 Å². The van der Waals surface area contributed by atoms with E-state index >= 15 is 0 Å². The third kappa shape index (κ3) is 7.71. The summed E-state index contributed by atoms with van der Waals surface area (Å²) in [6.45, 7) is 9.55. The summed E-state index contributed by atoms with van der Waals surface area (Å²) < 4.78 is 32.4. The van der Waals surface area contributed by atoms with Crippen LogP contribution in [-0.4, -0.2) is 56.6 Å². The lowest BCUT2D eigenvalue weighted by Gasteiger charge is -2.34. The minimum Gasteiger partial charge on any atom is -0.492 e. The summed E-state index contributed by atoms with van der Waals surface area (Å²) in [5.41, 5.74) is 2.15. The molecule has 0 spiro atoms. The van der Waals surface area contributed by atoms with Crippen molar-refractivity contribution in [1.82, 2.24) is 10.2 Å². The van der Waals surface area contributed by atoms with Gasteiger partial charge in [0.15, 0.2) is 0 Å². The Morgan fingerprint density at radius 1 is 1.00 bits per heavy atom. The van der Waals surface area contributed by atoms with Crippen LogP contribution in [0.25, 0.3) is 0 Å². The number of amides is 2. The molecule has 0 fully saturated rings. The second kappa shape index (κ2) is 13.3. The van der Waals surface area contributed by atoms with Gasteiger partial charge in [-0.15, -0.1) is 0 Å². The van der Waals surface area contributed by atoms with Gasteiger partial charge in [0.05, 0.1) is 18.6 Å². The number of carbonyl (C=O) groups is 2. The predicted molar refractivity (Wildman–Crippen MR) is 144 cm³/mol. The highest BCUT2D eigenvalue weighted by molar-refractivity contribution is 7.92. The fourth-order valence-electron chi connectivity index (χ4n) is 3.87. The summed E-state index contributed by atoms with van der Waals surface area (Å²) in [6.07, 6.45) is 2.19. The Morgan fingerprint density at radius 3 is 2.22 bits per heavy atom. The summed E-state index contributed by atoms with van der Waals surface area (Å²) in [7, 11) is -3.84. The maximum absolute atomic E-state index is 13.8. The van der Waals surface area contributed by atoms with Crippen LogP contribution in [0.5, 0.6) is 5.75 Å². The van der Waals surface area contributed by atoms with E-state index in [0.717, 1.165) is 28.1 Å². The number of hydrogen-bond acceptors (Lipinski definition) is 5. The minimum absolute atomic E-state index is 0.0486. The van der Waals surface area contributed by atoms with Crippen LogP contribution in [-0.2, 0) is 26.2 Å². The fraction of sp³-hybridized carbons (Fsp3) is 0.481. The van der Waals surface area contributed by atoms with Crippen molar-refractivity contribution in [3.8, 4) is 5.75 Å². The molecule has 2 amide bonds. The van der Waals surface area contributed by atoms with E-state index in [0.29, 0.717) is 18.8 Å². The van der Waals surface area contributed by atoms with Crippen LogP contribution in [0.15, 0.2) is 48.5 Å². The molecule has 2 atom stereocenters. The second-order valence-electron chi connectivity index (χ2n) is 8.86. The molecule has 0 aliphatic carbocycles. The standard InChI is InChI=1S/C27H39N3O5S/c1-7-21(5)28-27(32)23(8-2)29(18-22-15-11-10-14-20(22)4)26(31)19-30(36(6,33)34)24-16-12-13-17-25(24)35-9-3/h10-17,21,23H,7-9,18-19H2,1-6H3,(H,28,32)/t21-,23-/m1/s1. The van der Waals surface area contributed by atoms with E-state index in [9.17, 15) is 18.0 Å². The van der Waals surface area contributed by atoms with Crippen molar-refractivity contribution in [3.63, 3.8) is 0 Å². The van der Waals surface area contributed by atoms with E-state index in [1.54, 1.807) is 31.2 Å². The monoisotopic (exact) mass is 517 g/mol. The molecule has 2 rings (SSSR count). The first-order valence-electron chi connectivity index (χ1n) is 12.4. The number of sulfonamides is 1. The van der Waals surface area contributed by atoms with E-state index < -0.39 is 28.5 Å². The number of benzene rings is 2. The van der Waals surface area contributed by atoms with Crippen LogP contribution < -0.4 is 14.4 Å². The lowest BCUT2D eigenvalue weighted by Crippen LogP contribution is -2.53. The normalized spacial score (nSPS) is 12.9. The smallest absolute Gasteiger partial charge is 0.244 e. The molecule has 0 bridgehead atoms. The molecule has 198 valence electrons. The van der Waals surface area contributed by atoms with Crippen LogP contribution in [0.1, 0.15) is 51.7 Å². The zero-order valence-corrected chi connectivity index (χ0v) is 23.0. The first-order valence-corrected chi connectivity index (χ1v) is 14.2. The highest BCUT2D eigenvalue weighted by atomic mass is 32.2.